The van der Waals surface area contributed by atoms with Crippen LogP contribution in [0, 0.1) is 5.82 Å². The normalized spacial score (nSPS) is 16.5. The molecule has 4 rings (SSSR count). The van der Waals surface area contributed by atoms with Gasteiger partial charge in [0.1, 0.15) is 12.3 Å². The minimum absolute atomic E-state index is 0.0639. The third-order valence-corrected chi connectivity index (χ3v) is 5.51. The van der Waals surface area contributed by atoms with E-state index < -0.39 is 11.9 Å². The molecule has 0 aliphatic carbocycles. The van der Waals surface area contributed by atoms with E-state index >= 15 is 0 Å². The maximum absolute atomic E-state index is 14.4. The second-order valence-corrected chi connectivity index (χ2v) is 7.98. The third-order valence-electron chi connectivity index (χ3n) is 5.15. The van der Waals surface area contributed by atoms with Crippen LogP contribution in [0.25, 0.3) is 22.4 Å². The highest BCUT2D eigenvalue weighted by molar-refractivity contribution is 6.31. The van der Waals surface area contributed by atoms with Crippen molar-refractivity contribution in [3.05, 3.63) is 35.5 Å². The van der Waals surface area contributed by atoms with Crippen molar-refractivity contribution in [3.63, 3.8) is 0 Å². The number of pyridine rings is 1. The van der Waals surface area contributed by atoms with E-state index in [1.165, 1.54) is 6.20 Å². The largest absolute Gasteiger partial charge is 0.448 e. The van der Waals surface area contributed by atoms with Crippen molar-refractivity contribution >= 4 is 46.1 Å². The summed E-state index contributed by atoms with van der Waals surface area (Å²) >= 11 is 11.7. The molecule has 3 aromatic rings. The third kappa shape index (κ3) is 4.83. The number of H-pyrrole nitrogens is 1. The average Bonchev–Trinajstić information content (AvgIpc) is 3.20. The van der Waals surface area contributed by atoms with Crippen LogP contribution in [-0.4, -0.2) is 62.5 Å². The molecule has 0 aromatic carbocycles. The number of anilines is 1. The first-order valence-electron chi connectivity index (χ1n) is 9.95. The Bertz CT molecular complexity index is 1080. The van der Waals surface area contributed by atoms with Crippen molar-refractivity contribution in [1.29, 1.82) is 0 Å². The summed E-state index contributed by atoms with van der Waals surface area (Å²) in [6, 6.07) is 1.62. The number of carbonyl (C=O) groups excluding carboxylic acids is 1. The van der Waals surface area contributed by atoms with Crippen molar-refractivity contribution in [2.75, 3.05) is 30.9 Å². The number of piperidine rings is 1. The Hall–Kier alpha value is -2.65. The van der Waals surface area contributed by atoms with Crippen LogP contribution in [-0.2, 0) is 4.74 Å². The minimum atomic E-state index is -0.577. The lowest BCUT2D eigenvalue weighted by atomic mass is 10.0. The Labute approximate surface area is 188 Å². The van der Waals surface area contributed by atoms with Gasteiger partial charge in [0.2, 0.25) is 0 Å². The number of likely N-dealkylation sites (tertiary alicyclic amines) is 1. The molecule has 0 unspecified atom stereocenters. The summed E-state index contributed by atoms with van der Waals surface area (Å²) < 4.78 is 19.6. The van der Waals surface area contributed by atoms with E-state index in [0.717, 1.165) is 30.8 Å². The van der Waals surface area contributed by atoms with Gasteiger partial charge in [0.25, 0.3) is 0 Å². The zero-order valence-corrected chi connectivity index (χ0v) is 18.1. The minimum Gasteiger partial charge on any atom is -0.448 e. The molecule has 1 aliphatic heterocycles. The fraction of sp³-hybridized carbons (Fsp3) is 0.400. The van der Waals surface area contributed by atoms with Crippen molar-refractivity contribution in [1.82, 2.24) is 24.8 Å². The van der Waals surface area contributed by atoms with Gasteiger partial charge in [0.15, 0.2) is 17.5 Å². The molecule has 8 nitrogen and oxygen atoms in total. The van der Waals surface area contributed by atoms with Gasteiger partial charge in [0, 0.05) is 36.4 Å². The summed E-state index contributed by atoms with van der Waals surface area (Å²) in [6.07, 6.45) is 6.63. The summed E-state index contributed by atoms with van der Waals surface area (Å²) in [4.78, 5) is 29.7. The lowest BCUT2D eigenvalue weighted by Gasteiger charge is -2.35. The number of nitrogens with one attached hydrogen (secondary N) is 2. The first-order chi connectivity index (χ1) is 15.1. The summed E-state index contributed by atoms with van der Waals surface area (Å²) in [5, 5.41) is 4.25. The van der Waals surface area contributed by atoms with Crippen LogP contribution < -0.4 is 5.32 Å². The Morgan fingerprint density at radius 2 is 2.23 bits per heavy atom. The first kappa shape index (κ1) is 21.6. The molecule has 1 aliphatic rings. The maximum atomic E-state index is 14.4. The van der Waals surface area contributed by atoms with E-state index in [9.17, 15) is 9.18 Å². The fourth-order valence-corrected chi connectivity index (χ4v) is 3.90. The van der Waals surface area contributed by atoms with Gasteiger partial charge in [-0.05, 0) is 25.3 Å². The molecular formula is C20H21Cl2FN6O2. The molecule has 1 amide bonds. The van der Waals surface area contributed by atoms with Crippen LogP contribution in [0.15, 0.2) is 24.7 Å². The van der Waals surface area contributed by atoms with Gasteiger partial charge in [-0.25, -0.2) is 24.1 Å². The Morgan fingerprint density at radius 3 is 3.06 bits per heavy atom. The molecular weight excluding hydrogens is 446 g/mol. The number of carbonyl (C=O) groups is 1. The maximum Gasteiger partial charge on any atom is 0.410 e. The standard InChI is InChI=1S/C20H21Cl2FN6O2/c21-4-6-31-20(30)29-5-2-1-3-13(29)9-25-19-16(23)11-27-18(28-19)15-10-26-17-14(15)7-12(22)8-24-17/h7-8,10-11,13H,1-6,9H2,(H,24,26)(H,25,27,28)/t13-/m0/s1. The first-order valence-corrected chi connectivity index (χ1v) is 10.9. The number of aromatic nitrogens is 4. The number of ether oxygens (including phenoxy) is 1. The van der Waals surface area contributed by atoms with E-state index in [1.807, 2.05) is 0 Å². The lowest BCUT2D eigenvalue weighted by Crippen LogP contribution is -2.47. The molecule has 3 aromatic heterocycles. The fourth-order valence-electron chi connectivity index (χ4n) is 3.66. The molecule has 2 N–H and O–H groups in total. The molecule has 11 heteroatoms. The van der Waals surface area contributed by atoms with Crippen LogP contribution >= 0.6 is 23.2 Å². The van der Waals surface area contributed by atoms with E-state index in [2.05, 4.69) is 25.3 Å². The number of alkyl halides is 1. The summed E-state index contributed by atoms with van der Waals surface area (Å²) in [5.41, 5.74) is 1.30. The molecule has 0 spiro atoms. The molecule has 0 radical (unpaired) electrons. The van der Waals surface area contributed by atoms with Crippen molar-refractivity contribution in [2.24, 2.45) is 0 Å². The zero-order chi connectivity index (χ0) is 21.8. The number of nitrogens with zero attached hydrogens (tertiary/aromatic N) is 4. The molecule has 0 bridgehead atoms. The number of aromatic amines is 1. The smallest absolute Gasteiger partial charge is 0.410 e. The number of rotatable bonds is 6. The Balaban J connectivity index is 1.52. The highest BCUT2D eigenvalue weighted by atomic mass is 35.5. The quantitative estimate of drug-likeness (QED) is 0.520. The van der Waals surface area contributed by atoms with Gasteiger partial charge in [-0.15, -0.1) is 11.6 Å². The summed E-state index contributed by atoms with van der Waals surface area (Å²) in [6.45, 7) is 1.09. The van der Waals surface area contributed by atoms with Crippen LogP contribution in [0.5, 0.6) is 0 Å². The molecule has 0 saturated carbocycles. The topological polar surface area (TPSA) is 96.0 Å². The van der Waals surface area contributed by atoms with Gasteiger partial charge in [-0.3, -0.25) is 0 Å². The van der Waals surface area contributed by atoms with E-state index in [-0.39, 0.29) is 24.3 Å². The van der Waals surface area contributed by atoms with Crippen LogP contribution in [0.4, 0.5) is 15.0 Å². The summed E-state index contributed by atoms with van der Waals surface area (Å²) in [5.74, 6) is 0.0634. The van der Waals surface area contributed by atoms with Gasteiger partial charge < -0.3 is 19.9 Å². The number of amides is 1. The zero-order valence-electron chi connectivity index (χ0n) is 16.6. The predicted octanol–water partition coefficient (Wildman–Crippen LogP) is 4.45. The number of hydrogen-bond acceptors (Lipinski definition) is 6. The number of halogens is 3. The highest BCUT2D eigenvalue weighted by Crippen LogP contribution is 2.28. The summed E-state index contributed by atoms with van der Waals surface area (Å²) in [7, 11) is 0. The molecule has 1 saturated heterocycles. The highest BCUT2D eigenvalue weighted by Gasteiger charge is 2.28. The lowest BCUT2D eigenvalue weighted by molar-refractivity contribution is 0.0802. The van der Waals surface area contributed by atoms with E-state index in [4.69, 9.17) is 27.9 Å². The average molecular weight is 467 g/mol. The van der Waals surface area contributed by atoms with Gasteiger partial charge in [0.05, 0.1) is 23.1 Å². The van der Waals surface area contributed by atoms with Crippen molar-refractivity contribution in [3.8, 4) is 11.4 Å². The van der Waals surface area contributed by atoms with Gasteiger partial charge >= 0.3 is 6.09 Å². The molecule has 4 heterocycles. The van der Waals surface area contributed by atoms with Gasteiger partial charge in [-0.1, -0.05) is 11.6 Å². The van der Waals surface area contributed by atoms with Crippen LogP contribution in [0.1, 0.15) is 19.3 Å². The van der Waals surface area contributed by atoms with E-state index in [1.54, 1.807) is 17.2 Å². The SMILES string of the molecule is O=C(OCCCl)N1CCCC[C@H]1CNc1nc(-c2c[nH]c3ncc(Cl)cc23)ncc1F. The van der Waals surface area contributed by atoms with Crippen molar-refractivity contribution < 1.29 is 13.9 Å². The Morgan fingerprint density at radius 1 is 1.35 bits per heavy atom. The predicted molar refractivity (Wildman–Crippen MR) is 117 cm³/mol. The number of hydrogen-bond donors (Lipinski definition) is 2. The molecule has 1 atom stereocenters. The number of fused-ring (bicyclic) bond motifs is 1. The molecule has 31 heavy (non-hydrogen) atoms. The second kappa shape index (κ2) is 9.65. The molecule has 164 valence electrons. The van der Waals surface area contributed by atoms with Crippen LogP contribution in [0.2, 0.25) is 5.02 Å². The van der Waals surface area contributed by atoms with Crippen molar-refractivity contribution in [2.45, 2.75) is 25.3 Å². The second-order valence-electron chi connectivity index (χ2n) is 7.17. The van der Waals surface area contributed by atoms with Crippen LogP contribution in [0.3, 0.4) is 0 Å². The van der Waals surface area contributed by atoms with Gasteiger partial charge in [-0.2, -0.15) is 0 Å². The molecule has 1 fully saturated rings. The van der Waals surface area contributed by atoms with E-state index in [0.29, 0.717) is 35.1 Å². The Kier molecular flexibility index (Phi) is 6.72. The monoisotopic (exact) mass is 466 g/mol.